The number of benzene rings is 1. The number of amides is 1. The van der Waals surface area contributed by atoms with Gasteiger partial charge in [0.15, 0.2) is 0 Å². The molecule has 1 aromatic rings. The Morgan fingerprint density at radius 1 is 1.36 bits per heavy atom. The van der Waals surface area contributed by atoms with Gasteiger partial charge in [-0.25, -0.2) is 0 Å². The Hall–Kier alpha value is -2.32. The van der Waals surface area contributed by atoms with Gasteiger partial charge in [-0.15, -0.1) is 0 Å². The molecular weight excluding hydrogens is 314 g/mol. The predicted octanol–water partition coefficient (Wildman–Crippen LogP) is 2.51. The summed E-state index contributed by atoms with van der Waals surface area (Å²) in [6, 6.07) is 8.11. The summed E-state index contributed by atoms with van der Waals surface area (Å²) >= 11 is 0. The number of aryl methyl sites for hydroxylation is 2. The molecule has 0 fully saturated rings. The largest absolute Gasteiger partial charge is 0.394 e. The van der Waals surface area contributed by atoms with Crippen molar-refractivity contribution in [2.75, 3.05) is 6.61 Å². The van der Waals surface area contributed by atoms with Crippen molar-refractivity contribution >= 4 is 5.91 Å². The van der Waals surface area contributed by atoms with Crippen LogP contribution in [-0.2, 0) is 17.6 Å². The Kier molecular flexibility index (Phi) is 6.22. The maximum absolute atomic E-state index is 12.3. The fourth-order valence-electron chi connectivity index (χ4n) is 2.84. The molecule has 0 aromatic heterocycles. The van der Waals surface area contributed by atoms with Crippen LogP contribution in [0.25, 0.3) is 0 Å². The van der Waals surface area contributed by atoms with E-state index in [1.54, 1.807) is 13.8 Å². The minimum atomic E-state index is -0.591. The third-order valence-corrected chi connectivity index (χ3v) is 4.59. The van der Waals surface area contributed by atoms with Crippen molar-refractivity contribution < 1.29 is 9.90 Å². The molecule has 1 amide bonds. The quantitative estimate of drug-likeness (QED) is 0.548. The van der Waals surface area contributed by atoms with E-state index in [4.69, 9.17) is 0 Å². The number of nitrogens with zero attached hydrogens (tertiary/aromatic N) is 1. The van der Waals surface area contributed by atoms with E-state index in [0.717, 1.165) is 18.4 Å². The molecule has 0 radical (unpaired) electrons. The first-order valence-electron chi connectivity index (χ1n) is 8.77. The van der Waals surface area contributed by atoms with Gasteiger partial charge in [-0.2, -0.15) is 5.26 Å². The van der Waals surface area contributed by atoms with Crippen LogP contribution in [0.4, 0.5) is 0 Å². The summed E-state index contributed by atoms with van der Waals surface area (Å²) in [6.07, 6.45) is 6.04. The smallest absolute Gasteiger partial charge is 0.263 e. The second kappa shape index (κ2) is 8.17. The standard InChI is InChI=1S/C20H27N3O2/c1-14(16-9-8-15-6-4-5-7-17(15)10-16)23-19(25)18(11-21)12-22-20(2,3)13-24/h8-10,12,14,22,24H,4-7,13H2,1-3H3,(H,23,25)/b18-12-. The number of carbonyl (C=O) groups excluding carboxylic acids is 1. The number of aliphatic hydroxyl groups is 1. The van der Waals surface area contributed by atoms with Crippen LogP contribution >= 0.6 is 0 Å². The van der Waals surface area contributed by atoms with Crippen LogP contribution in [0.3, 0.4) is 0 Å². The SMILES string of the molecule is CC(NC(=O)/C(C#N)=C\NC(C)(C)CO)c1ccc2c(c1)CCCC2. The lowest BCUT2D eigenvalue weighted by molar-refractivity contribution is -0.117. The molecule has 2 rings (SSSR count). The summed E-state index contributed by atoms with van der Waals surface area (Å²) in [5.74, 6) is -0.422. The first-order valence-corrected chi connectivity index (χ1v) is 8.77. The van der Waals surface area contributed by atoms with Crippen molar-refractivity contribution in [3.8, 4) is 6.07 Å². The van der Waals surface area contributed by atoms with E-state index in [9.17, 15) is 15.2 Å². The summed E-state index contributed by atoms with van der Waals surface area (Å²) in [7, 11) is 0. The van der Waals surface area contributed by atoms with E-state index in [2.05, 4.69) is 28.8 Å². The minimum absolute atomic E-state index is 0.00802. The highest BCUT2D eigenvalue weighted by Gasteiger charge is 2.18. The monoisotopic (exact) mass is 341 g/mol. The molecule has 134 valence electrons. The molecule has 25 heavy (non-hydrogen) atoms. The molecule has 5 nitrogen and oxygen atoms in total. The Morgan fingerprint density at radius 3 is 2.68 bits per heavy atom. The highest BCUT2D eigenvalue weighted by molar-refractivity contribution is 5.97. The number of nitrogens with one attached hydrogen (secondary N) is 2. The van der Waals surface area contributed by atoms with E-state index in [1.165, 1.54) is 30.2 Å². The number of hydrogen-bond donors (Lipinski definition) is 3. The van der Waals surface area contributed by atoms with Crippen molar-refractivity contribution in [1.29, 1.82) is 5.26 Å². The van der Waals surface area contributed by atoms with E-state index in [1.807, 2.05) is 13.0 Å². The van der Waals surface area contributed by atoms with Gasteiger partial charge in [0.2, 0.25) is 0 Å². The lowest BCUT2D eigenvalue weighted by Gasteiger charge is -2.22. The second-order valence-corrected chi connectivity index (χ2v) is 7.29. The Morgan fingerprint density at radius 2 is 2.04 bits per heavy atom. The van der Waals surface area contributed by atoms with Gasteiger partial charge >= 0.3 is 0 Å². The maximum atomic E-state index is 12.3. The molecule has 0 saturated carbocycles. The van der Waals surface area contributed by atoms with Crippen molar-refractivity contribution in [2.24, 2.45) is 0 Å². The zero-order valence-corrected chi connectivity index (χ0v) is 15.2. The van der Waals surface area contributed by atoms with Gasteiger partial charge in [-0.05, 0) is 63.1 Å². The van der Waals surface area contributed by atoms with E-state index in [-0.39, 0.29) is 18.2 Å². The summed E-state index contributed by atoms with van der Waals surface area (Å²) in [4.78, 5) is 12.3. The molecule has 0 aliphatic heterocycles. The number of rotatable bonds is 6. The molecule has 0 heterocycles. The van der Waals surface area contributed by atoms with E-state index in [0.29, 0.717) is 0 Å². The van der Waals surface area contributed by atoms with Crippen LogP contribution < -0.4 is 10.6 Å². The number of carbonyl (C=O) groups is 1. The first kappa shape index (κ1) is 19.0. The van der Waals surface area contributed by atoms with Crippen LogP contribution in [0.1, 0.15) is 56.3 Å². The van der Waals surface area contributed by atoms with Gasteiger partial charge in [0.1, 0.15) is 11.6 Å². The number of nitriles is 1. The summed E-state index contributed by atoms with van der Waals surface area (Å²) < 4.78 is 0. The molecule has 0 spiro atoms. The van der Waals surface area contributed by atoms with E-state index < -0.39 is 11.4 Å². The molecular formula is C20H27N3O2. The number of hydrogen-bond acceptors (Lipinski definition) is 4. The van der Waals surface area contributed by atoms with Gasteiger partial charge in [0.25, 0.3) is 5.91 Å². The van der Waals surface area contributed by atoms with Crippen molar-refractivity contribution in [1.82, 2.24) is 10.6 Å². The van der Waals surface area contributed by atoms with Crippen LogP contribution in [0.5, 0.6) is 0 Å². The molecule has 3 N–H and O–H groups in total. The zero-order chi connectivity index (χ0) is 18.4. The highest BCUT2D eigenvalue weighted by Crippen LogP contribution is 2.24. The van der Waals surface area contributed by atoms with Crippen LogP contribution in [0.15, 0.2) is 30.0 Å². The Balaban J connectivity index is 2.06. The Labute approximate surface area is 149 Å². The molecule has 1 aromatic carbocycles. The first-order chi connectivity index (χ1) is 11.9. The fourth-order valence-corrected chi connectivity index (χ4v) is 2.84. The topological polar surface area (TPSA) is 85.2 Å². The third kappa shape index (κ3) is 5.07. The van der Waals surface area contributed by atoms with Crippen LogP contribution in [-0.4, -0.2) is 23.2 Å². The molecule has 0 saturated heterocycles. The summed E-state index contributed by atoms with van der Waals surface area (Å²) in [5, 5.41) is 24.2. The van der Waals surface area contributed by atoms with Crippen molar-refractivity contribution in [2.45, 2.75) is 58.0 Å². The molecule has 5 heteroatoms. The van der Waals surface area contributed by atoms with Gasteiger partial charge in [-0.3, -0.25) is 4.79 Å². The molecule has 0 bridgehead atoms. The third-order valence-electron chi connectivity index (χ3n) is 4.59. The maximum Gasteiger partial charge on any atom is 0.263 e. The normalized spacial score (nSPS) is 15.7. The van der Waals surface area contributed by atoms with Gasteiger partial charge < -0.3 is 15.7 Å². The lowest BCUT2D eigenvalue weighted by atomic mass is 9.89. The Bertz CT molecular complexity index is 701. The second-order valence-electron chi connectivity index (χ2n) is 7.29. The van der Waals surface area contributed by atoms with Crippen LogP contribution in [0.2, 0.25) is 0 Å². The van der Waals surface area contributed by atoms with Crippen LogP contribution in [0, 0.1) is 11.3 Å². The number of fused-ring (bicyclic) bond motifs is 1. The average Bonchev–Trinajstić information content (AvgIpc) is 2.61. The summed E-state index contributed by atoms with van der Waals surface area (Å²) in [5.41, 5.74) is 3.22. The van der Waals surface area contributed by atoms with Gasteiger partial charge in [-0.1, -0.05) is 18.2 Å². The van der Waals surface area contributed by atoms with Gasteiger partial charge in [0, 0.05) is 6.20 Å². The van der Waals surface area contributed by atoms with Crippen molar-refractivity contribution in [3.63, 3.8) is 0 Å². The molecule has 1 aliphatic carbocycles. The number of aliphatic hydroxyl groups excluding tert-OH is 1. The van der Waals surface area contributed by atoms with Gasteiger partial charge in [0.05, 0.1) is 18.2 Å². The van der Waals surface area contributed by atoms with Crippen molar-refractivity contribution in [3.05, 3.63) is 46.7 Å². The summed E-state index contributed by atoms with van der Waals surface area (Å²) in [6.45, 7) is 5.39. The zero-order valence-electron chi connectivity index (χ0n) is 15.2. The minimum Gasteiger partial charge on any atom is -0.394 e. The fraction of sp³-hybridized carbons (Fsp3) is 0.500. The molecule has 1 aliphatic rings. The molecule has 1 unspecified atom stereocenters. The highest BCUT2D eigenvalue weighted by atomic mass is 16.3. The predicted molar refractivity (Wildman–Crippen MR) is 97.6 cm³/mol. The lowest BCUT2D eigenvalue weighted by Crippen LogP contribution is -2.40. The average molecular weight is 341 g/mol. The van der Waals surface area contributed by atoms with E-state index >= 15 is 0 Å². The molecule has 1 atom stereocenters.